The Morgan fingerprint density at radius 1 is 0.591 bits per heavy atom. The van der Waals surface area contributed by atoms with Crippen LogP contribution in [0.5, 0.6) is 0 Å². The maximum Gasteiger partial charge on any atom is 0.166 e. The average molecular weight is 573 g/mol. The molecule has 4 aromatic heterocycles. The van der Waals surface area contributed by atoms with Gasteiger partial charge in [0.15, 0.2) is 22.7 Å². The van der Waals surface area contributed by atoms with Gasteiger partial charge in [0, 0.05) is 11.1 Å². The molecule has 0 unspecified atom stereocenters. The molecule has 44 heavy (non-hydrogen) atoms. The van der Waals surface area contributed by atoms with Crippen molar-refractivity contribution < 1.29 is 0 Å². The molecule has 0 radical (unpaired) electrons. The highest BCUT2D eigenvalue weighted by Gasteiger charge is 2.24. The zero-order chi connectivity index (χ0) is 30.5. The van der Waals surface area contributed by atoms with Crippen molar-refractivity contribution in [3.63, 3.8) is 0 Å². The fraction of sp³-hybridized carbons (Fsp3) is 0.0588. The van der Waals surface area contributed by atoms with Crippen molar-refractivity contribution in [2.45, 2.75) is 13.8 Å². The predicted octanol–water partition coefficient (Wildman–Crippen LogP) is 6.01. The Bertz CT molecular complexity index is 2170. The molecule has 0 aliphatic carbocycles. The second-order valence-corrected chi connectivity index (χ2v) is 10.4. The lowest BCUT2D eigenvalue weighted by Crippen LogP contribution is -2.03. The summed E-state index contributed by atoms with van der Waals surface area (Å²) in [6, 6.07) is 31.3. The molecule has 3 aromatic carbocycles. The molecule has 4 N–H and O–H groups in total. The number of aryl methyl sites for hydroxylation is 2. The minimum absolute atomic E-state index is 0.104. The normalized spacial score (nSPS) is 11.1. The number of anilines is 2. The number of nitrogen functional groups attached to an aromatic ring is 2. The molecule has 0 fully saturated rings. The second kappa shape index (κ2) is 10.1. The first-order valence-corrected chi connectivity index (χ1v) is 13.8. The molecule has 10 heteroatoms. The predicted molar refractivity (Wildman–Crippen MR) is 170 cm³/mol. The van der Waals surface area contributed by atoms with E-state index >= 15 is 0 Å². The number of nitriles is 2. The largest absolute Gasteiger partial charge is 0.396 e. The van der Waals surface area contributed by atoms with E-state index in [2.05, 4.69) is 22.1 Å². The first kappa shape index (κ1) is 26.4. The van der Waals surface area contributed by atoms with Gasteiger partial charge in [0.1, 0.15) is 12.1 Å². The molecule has 0 amide bonds. The van der Waals surface area contributed by atoms with Gasteiger partial charge in [0.25, 0.3) is 0 Å². The number of hydrogen-bond acceptors (Lipinski definition) is 8. The number of fused-ring (bicyclic) bond motifs is 2. The lowest BCUT2D eigenvalue weighted by atomic mass is 9.93. The molecule has 0 aliphatic heterocycles. The van der Waals surface area contributed by atoms with Gasteiger partial charge in [-0.1, -0.05) is 54.6 Å². The highest BCUT2D eigenvalue weighted by atomic mass is 15.3. The summed E-state index contributed by atoms with van der Waals surface area (Å²) in [6.07, 6.45) is 0. The summed E-state index contributed by atoms with van der Waals surface area (Å²) in [7, 11) is 0. The van der Waals surface area contributed by atoms with E-state index in [1.165, 1.54) is 0 Å². The standard InChI is InChI=1S/C34H24N10/c1-19-27-29(31(37)25(17-35)39-33(27)43(41-19)23-12-5-3-6-13-23)21-10-9-11-22(16-21)30-28-20(2)42-44(24-14-7-4-8-15-24)34(28)40-26(18-36)32(30)38/h3-16H,37-38H2,1-2H3. The second-order valence-electron chi connectivity index (χ2n) is 10.4. The smallest absolute Gasteiger partial charge is 0.166 e. The summed E-state index contributed by atoms with van der Waals surface area (Å²) in [5.41, 5.74) is 20.9. The first-order valence-electron chi connectivity index (χ1n) is 13.8. The summed E-state index contributed by atoms with van der Waals surface area (Å²) >= 11 is 0. The Morgan fingerprint density at radius 2 is 1.00 bits per heavy atom. The first-order chi connectivity index (χ1) is 21.4. The van der Waals surface area contributed by atoms with E-state index in [-0.39, 0.29) is 22.8 Å². The van der Waals surface area contributed by atoms with Crippen molar-refractivity contribution in [2.24, 2.45) is 0 Å². The number of para-hydroxylation sites is 2. The highest BCUT2D eigenvalue weighted by Crippen LogP contribution is 2.42. The van der Waals surface area contributed by atoms with E-state index in [4.69, 9.17) is 21.7 Å². The fourth-order valence-electron chi connectivity index (χ4n) is 5.76. The highest BCUT2D eigenvalue weighted by molar-refractivity contribution is 6.06. The van der Waals surface area contributed by atoms with Crippen LogP contribution in [0.15, 0.2) is 84.9 Å². The van der Waals surface area contributed by atoms with Crippen molar-refractivity contribution >= 4 is 33.4 Å². The van der Waals surface area contributed by atoms with Gasteiger partial charge in [-0.25, -0.2) is 19.3 Å². The van der Waals surface area contributed by atoms with Crippen molar-refractivity contribution in [3.8, 4) is 45.8 Å². The van der Waals surface area contributed by atoms with Crippen molar-refractivity contribution in [3.05, 3.63) is 108 Å². The van der Waals surface area contributed by atoms with Crippen LogP contribution in [0.1, 0.15) is 22.8 Å². The number of rotatable bonds is 4. The van der Waals surface area contributed by atoms with Gasteiger partial charge in [-0.2, -0.15) is 20.7 Å². The number of pyridine rings is 2. The summed E-state index contributed by atoms with van der Waals surface area (Å²) in [5.74, 6) is 0. The van der Waals surface area contributed by atoms with Crippen molar-refractivity contribution in [1.82, 2.24) is 29.5 Å². The fourth-order valence-corrected chi connectivity index (χ4v) is 5.76. The summed E-state index contributed by atoms with van der Waals surface area (Å²) in [5, 5.41) is 31.0. The number of benzene rings is 3. The van der Waals surface area contributed by atoms with E-state index in [9.17, 15) is 10.5 Å². The molecule has 210 valence electrons. The number of nitrogens with two attached hydrogens (primary N) is 2. The lowest BCUT2D eigenvalue weighted by Gasteiger charge is -2.14. The van der Waals surface area contributed by atoms with E-state index in [0.29, 0.717) is 33.8 Å². The third-order valence-electron chi connectivity index (χ3n) is 7.71. The van der Waals surface area contributed by atoms with Gasteiger partial charge in [-0.15, -0.1) is 0 Å². The summed E-state index contributed by atoms with van der Waals surface area (Å²) < 4.78 is 3.45. The third-order valence-corrected chi connectivity index (χ3v) is 7.71. The van der Waals surface area contributed by atoms with Crippen LogP contribution < -0.4 is 11.5 Å². The third kappa shape index (κ3) is 3.94. The average Bonchev–Trinajstić information content (AvgIpc) is 3.56. The zero-order valence-electron chi connectivity index (χ0n) is 23.8. The van der Waals surface area contributed by atoms with Crippen molar-refractivity contribution in [1.29, 1.82) is 10.5 Å². The molecular formula is C34H24N10. The molecule has 0 spiro atoms. The van der Waals surface area contributed by atoms with Gasteiger partial charge in [-0.05, 0) is 55.3 Å². The molecule has 7 aromatic rings. The Hall–Kier alpha value is -6.52. The lowest BCUT2D eigenvalue weighted by molar-refractivity contribution is 0.877. The Balaban J connectivity index is 1.51. The Kier molecular flexibility index (Phi) is 6.05. The molecule has 4 heterocycles. The van der Waals surface area contributed by atoms with E-state index in [0.717, 1.165) is 33.3 Å². The number of aromatic nitrogens is 6. The molecule has 0 aliphatic rings. The monoisotopic (exact) mass is 572 g/mol. The zero-order valence-corrected chi connectivity index (χ0v) is 23.8. The van der Waals surface area contributed by atoms with Gasteiger partial charge in [0.05, 0.1) is 44.9 Å². The van der Waals surface area contributed by atoms with Crippen molar-refractivity contribution in [2.75, 3.05) is 11.5 Å². The molecular weight excluding hydrogens is 548 g/mol. The van der Waals surface area contributed by atoms with Crippen LogP contribution in [0.2, 0.25) is 0 Å². The maximum atomic E-state index is 10.0. The van der Waals surface area contributed by atoms with Gasteiger partial charge >= 0.3 is 0 Å². The Morgan fingerprint density at radius 3 is 1.39 bits per heavy atom. The number of hydrogen-bond donors (Lipinski definition) is 2. The Labute approximate surface area is 252 Å². The minimum atomic E-state index is 0.104. The topological polar surface area (TPSA) is 161 Å². The van der Waals surface area contributed by atoms with Crippen LogP contribution in [0, 0.1) is 36.5 Å². The van der Waals surface area contributed by atoms with Crippen LogP contribution >= 0.6 is 0 Å². The van der Waals surface area contributed by atoms with E-state index < -0.39 is 0 Å². The van der Waals surface area contributed by atoms with Gasteiger partial charge in [-0.3, -0.25) is 0 Å². The quantitative estimate of drug-likeness (QED) is 0.259. The van der Waals surface area contributed by atoms with Crippen LogP contribution in [-0.4, -0.2) is 29.5 Å². The molecule has 0 saturated carbocycles. The van der Waals surface area contributed by atoms with Crippen LogP contribution in [-0.2, 0) is 0 Å². The number of nitrogens with zero attached hydrogens (tertiary/aromatic N) is 8. The molecule has 0 bridgehead atoms. The maximum absolute atomic E-state index is 10.0. The van der Waals surface area contributed by atoms with E-state index in [1.54, 1.807) is 9.36 Å². The molecule has 0 atom stereocenters. The molecule has 10 nitrogen and oxygen atoms in total. The van der Waals surface area contributed by atoms with Crippen LogP contribution in [0.4, 0.5) is 11.4 Å². The van der Waals surface area contributed by atoms with Crippen LogP contribution in [0.3, 0.4) is 0 Å². The molecule has 0 saturated heterocycles. The molecule has 7 rings (SSSR count). The van der Waals surface area contributed by atoms with Crippen LogP contribution in [0.25, 0.3) is 55.7 Å². The van der Waals surface area contributed by atoms with E-state index in [1.807, 2.05) is 98.8 Å². The minimum Gasteiger partial charge on any atom is -0.396 e. The van der Waals surface area contributed by atoms with Gasteiger partial charge < -0.3 is 11.5 Å². The summed E-state index contributed by atoms with van der Waals surface area (Å²) in [6.45, 7) is 3.79. The SMILES string of the molecule is Cc1nn(-c2ccccc2)c2nc(C#N)c(N)c(-c3cccc(-c4c(N)c(C#N)nc5c4c(C)nn5-c4ccccc4)c3)c12. The van der Waals surface area contributed by atoms with Gasteiger partial charge in [0.2, 0.25) is 0 Å². The summed E-state index contributed by atoms with van der Waals surface area (Å²) in [4.78, 5) is 9.23.